The van der Waals surface area contributed by atoms with Gasteiger partial charge < -0.3 is 10.4 Å². The Balaban J connectivity index is 1.68. The summed E-state index contributed by atoms with van der Waals surface area (Å²) in [4.78, 5) is 0.169. The summed E-state index contributed by atoms with van der Waals surface area (Å²) in [5, 5.41) is 13.0. The highest BCUT2D eigenvalue weighted by Gasteiger charge is 2.13. The second-order valence-electron chi connectivity index (χ2n) is 5.74. The van der Waals surface area contributed by atoms with E-state index in [9.17, 15) is 13.5 Å². The van der Waals surface area contributed by atoms with Crippen molar-refractivity contribution >= 4 is 34.7 Å². The number of nitrogens with one attached hydrogen (secondary N) is 2. The molecule has 0 aliphatic rings. The standard InChI is InChI=1S/C19H17BN2O3S/c20-15-7-6-14(19(23)12-15)13-21-16-8-10-18(11-9-16)26(24,25)22-17-4-2-1-3-5-17/h1-12,21-23H,13H2. The molecule has 3 aromatic carbocycles. The third-order valence-corrected chi connectivity index (χ3v) is 5.18. The van der Waals surface area contributed by atoms with Gasteiger partial charge in [0.2, 0.25) is 0 Å². The van der Waals surface area contributed by atoms with Crippen LogP contribution in [0.4, 0.5) is 11.4 Å². The van der Waals surface area contributed by atoms with Crippen molar-refractivity contribution in [2.75, 3.05) is 10.0 Å². The number of phenols is 1. The maximum absolute atomic E-state index is 12.4. The van der Waals surface area contributed by atoms with Gasteiger partial charge in [-0.1, -0.05) is 35.8 Å². The highest BCUT2D eigenvalue weighted by atomic mass is 32.2. The van der Waals surface area contributed by atoms with Gasteiger partial charge in [0.15, 0.2) is 0 Å². The Labute approximate surface area is 154 Å². The van der Waals surface area contributed by atoms with E-state index in [1.165, 1.54) is 18.2 Å². The van der Waals surface area contributed by atoms with Crippen molar-refractivity contribution in [3.8, 4) is 5.75 Å². The average molecular weight is 364 g/mol. The lowest BCUT2D eigenvalue weighted by molar-refractivity contribution is 0.469. The molecule has 0 aliphatic carbocycles. The van der Waals surface area contributed by atoms with Crippen LogP contribution >= 0.6 is 0 Å². The molecule has 7 heteroatoms. The molecule has 3 N–H and O–H groups in total. The van der Waals surface area contributed by atoms with Gasteiger partial charge in [-0.25, -0.2) is 8.42 Å². The van der Waals surface area contributed by atoms with E-state index in [-0.39, 0.29) is 10.6 Å². The van der Waals surface area contributed by atoms with Crippen LogP contribution in [0.1, 0.15) is 5.56 Å². The van der Waals surface area contributed by atoms with Crippen LogP contribution in [-0.2, 0) is 16.6 Å². The Hall–Kier alpha value is -2.93. The van der Waals surface area contributed by atoms with Crippen LogP contribution in [0.3, 0.4) is 0 Å². The molecule has 0 unspecified atom stereocenters. The molecule has 5 nitrogen and oxygen atoms in total. The monoisotopic (exact) mass is 364 g/mol. The van der Waals surface area contributed by atoms with E-state index in [1.54, 1.807) is 48.5 Å². The van der Waals surface area contributed by atoms with Crippen molar-refractivity contribution in [1.82, 2.24) is 0 Å². The lowest BCUT2D eigenvalue weighted by Gasteiger charge is -2.11. The van der Waals surface area contributed by atoms with E-state index < -0.39 is 10.0 Å². The van der Waals surface area contributed by atoms with Crippen molar-refractivity contribution in [3.63, 3.8) is 0 Å². The number of phenolic OH excluding ortho intramolecular Hbond substituents is 1. The van der Waals surface area contributed by atoms with Gasteiger partial charge in [0.05, 0.1) is 4.90 Å². The predicted molar refractivity (Wildman–Crippen MR) is 105 cm³/mol. The Morgan fingerprint density at radius 2 is 1.58 bits per heavy atom. The fourth-order valence-corrected chi connectivity index (χ4v) is 3.46. The fraction of sp³-hybridized carbons (Fsp3) is 0.0526. The van der Waals surface area contributed by atoms with E-state index in [2.05, 4.69) is 10.0 Å². The zero-order chi connectivity index (χ0) is 18.6. The molecule has 3 aromatic rings. The van der Waals surface area contributed by atoms with E-state index in [4.69, 9.17) is 7.85 Å². The van der Waals surface area contributed by atoms with Crippen LogP contribution in [-0.4, -0.2) is 21.4 Å². The summed E-state index contributed by atoms with van der Waals surface area (Å²) >= 11 is 0. The number of hydrogen-bond acceptors (Lipinski definition) is 4. The number of aromatic hydroxyl groups is 1. The van der Waals surface area contributed by atoms with Crippen molar-refractivity contribution in [2.24, 2.45) is 0 Å². The van der Waals surface area contributed by atoms with Gasteiger partial charge in [0, 0.05) is 23.5 Å². The first-order valence-electron chi connectivity index (χ1n) is 7.93. The van der Waals surface area contributed by atoms with Crippen LogP contribution in [0.25, 0.3) is 0 Å². The van der Waals surface area contributed by atoms with Gasteiger partial charge in [-0.3, -0.25) is 4.72 Å². The van der Waals surface area contributed by atoms with Crippen LogP contribution in [0, 0.1) is 0 Å². The second kappa shape index (κ2) is 7.53. The summed E-state index contributed by atoms with van der Waals surface area (Å²) in [6, 6.07) is 20.0. The van der Waals surface area contributed by atoms with Crippen molar-refractivity contribution in [1.29, 1.82) is 0 Å². The molecule has 0 aromatic heterocycles. The van der Waals surface area contributed by atoms with Crippen LogP contribution < -0.4 is 15.5 Å². The lowest BCUT2D eigenvalue weighted by Crippen LogP contribution is -2.12. The first kappa shape index (κ1) is 17.9. The van der Waals surface area contributed by atoms with E-state index in [1.807, 2.05) is 6.07 Å². The predicted octanol–water partition coefficient (Wildman–Crippen LogP) is 2.60. The average Bonchev–Trinajstić information content (AvgIpc) is 2.62. The molecule has 2 radical (unpaired) electrons. The van der Waals surface area contributed by atoms with Gasteiger partial charge in [-0.2, -0.15) is 0 Å². The maximum Gasteiger partial charge on any atom is 0.261 e. The molecule has 0 saturated carbocycles. The second-order valence-corrected chi connectivity index (χ2v) is 7.42. The minimum atomic E-state index is -3.64. The maximum atomic E-state index is 12.4. The SMILES string of the molecule is [B]c1ccc(CNc2ccc(S(=O)(=O)Nc3ccccc3)cc2)c(O)c1. The summed E-state index contributed by atoms with van der Waals surface area (Å²) in [6.07, 6.45) is 0. The van der Waals surface area contributed by atoms with Crippen molar-refractivity contribution in [2.45, 2.75) is 11.4 Å². The highest BCUT2D eigenvalue weighted by molar-refractivity contribution is 7.92. The van der Waals surface area contributed by atoms with Gasteiger partial charge in [-0.15, -0.1) is 0 Å². The van der Waals surface area contributed by atoms with E-state index >= 15 is 0 Å². The lowest BCUT2D eigenvalue weighted by atomic mass is 9.94. The number of rotatable bonds is 6. The summed E-state index contributed by atoms with van der Waals surface area (Å²) in [6.45, 7) is 0.389. The zero-order valence-electron chi connectivity index (χ0n) is 13.9. The molecule has 0 saturated heterocycles. The Bertz CT molecular complexity index is 991. The molecule has 0 spiro atoms. The summed E-state index contributed by atoms with van der Waals surface area (Å²) in [7, 11) is 1.96. The normalized spacial score (nSPS) is 11.1. The molecule has 130 valence electrons. The first-order chi connectivity index (χ1) is 12.4. The number of para-hydroxylation sites is 1. The zero-order valence-corrected chi connectivity index (χ0v) is 14.7. The van der Waals surface area contributed by atoms with E-state index in [0.29, 0.717) is 23.3 Å². The Morgan fingerprint density at radius 1 is 0.885 bits per heavy atom. The highest BCUT2D eigenvalue weighted by Crippen LogP contribution is 2.20. The molecule has 0 heterocycles. The Morgan fingerprint density at radius 3 is 2.23 bits per heavy atom. The van der Waals surface area contributed by atoms with Crippen LogP contribution in [0.2, 0.25) is 0 Å². The minimum Gasteiger partial charge on any atom is -0.508 e. The van der Waals surface area contributed by atoms with Crippen LogP contribution in [0.15, 0.2) is 77.7 Å². The van der Waals surface area contributed by atoms with Gasteiger partial charge in [0.25, 0.3) is 10.0 Å². The molecular weight excluding hydrogens is 347 g/mol. The molecule has 26 heavy (non-hydrogen) atoms. The van der Waals surface area contributed by atoms with Gasteiger partial charge >= 0.3 is 0 Å². The molecular formula is C19H17BN2O3S. The molecule has 0 amide bonds. The van der Waals surface area contributed by atoms with Crippen LogP contribution in [0.5, 0.6) is 5.75 Å². The summed E-state index contributed by atoms with van der Waals surface area (Å²) in [5.74, 6) is 0.115. The summed E-state index contributed by atoms with van der Waals surface area (Å²) in [5.41, 5.74) is 2.43. The fourth-order valence-electron chi connectivity index (χ4n) is 2.40. The van der Waals surface area contributed by atoms with Gasteiger partial charge in [0.1, 0.15) is 13.6 Å². The van der Waals surface area contributed by atoms with Crippen molar-refractivity contribution < 1.29 is 13.5 Å². The molecule has 0 atom stereocenters. The minimum absolute atomic E-state index is 0.115. The van der Waals surface area contributed by atoms with E-state index in [0.717, 1.165) is 5.69 Å². The molecule has 3 rings (SSSR count). The smallest absolute Gasteiger partial charge is 0.261 e. The number of sulfonamides is 1. The molecule has 0 bridgehead atoms. The third kappa shape index (κ3) is 4.37. The quantitative estimate of drug-likeness (QED) is 0.588. The largest absolute Gasteiger partial charge is 0.508 e. The van der Waals surface area contributed by atoms with Crippen molar-refractivity contribution in [3.05, 3.63) is 78.4 Å². The third-order valence-electron chi connectivity index (χ3n) is 3.78. The summed E-state index contributed by atoms with van der Waals surface area (Å²) < 4.78 is 27.3. The number of benzene rings is 3. The molecule has 0 fully saturated rings. The Kier molecular flexibility index (Phi) is 5.18. The number of hydrogen-bond donors (Lipinski definition) is 3. The van der Waals surface area contributed by atoms with Gasteiger partial charge in [-0.05, 0) is 42.5 Å². The molecule has 0 aliphatic heterocycles. The number of anilines is 2. The first-order valence-corrected chi connectivity index (χ1v) is 9.41. The topological polar surface area (TPSA) is 78.4 Å².